The molecule has 0 unspecified atom stereocenters. The van der Waals surface area contributed by atoms with Crippen molar-refractivity contribution < 1.29 is 4.74 Å². The van der Waals surface area contributed by atoms with Crippen LogP contribution in [0.3, 0.4) is 0 Å². The molecule has 0 aliphatic rings. The van der Waals surface area contributed by atoms with Gasteiger partial charge in [-0.2, -0.15) is 5.26 Å². The second-order valence-electron chi connectivity index (χ2n) is 6.81. The molecule has 5 nitrogen and oxygen atoms in total. The molecule has 0 fully saturated rings. The second-order valence-corrected chi connectivity index (χ2v) is 7.82. The van der Waals surface area contributed by atoms with Crippen LogP contribution in [0.1, 0.15) is 26.3 Å². The molecule has 29 heavy (non-hydrogen) atoms. The summed E-state index contributed by atoms with van der Waals surface area (Å²) in [6.07, 6.45) is 0. The highest BCUT2D eigenvalue weighted by Crippen LogP contribution is 2.38. The molecule has 148 valence electrons. The van der Waals surface area contributed by atoms with E-state index in [4.69, 9.17) is 9.72 Å². The molecule has 2 aromatic heterocycles. The van der Waals surface area contributed by atoms with E-state index in [0.717, 1.165) is 62.9 Å². The summed E-state index contributed by atoms with van der Waals surface area (Å²) in [4.78, 5) is 7.06. The van der Waals surface area contributed by atoms with E-state index < -0.39 is 0 Å². The normalized spacial score (nSPS) is 11.1. The van der Waals surface area contributed by atoms with Crippen LogP contribution in [-0.2, 0) is 6.54 Å². The highest BCUT2D eigenvalue weighted by atomic mass is 32.1. The smallest absolute Gasteiger partial charge is 0.186 e. The molecule has 6 heteroatoms. The Kier molecular flexibility index (Phi) is 5.16. The zero-order chi connectivity index (χ0) is 20.5. The van der Waals surface area contributed by atoms with Crippen LogP contribution in [0, 0.1) is 11.3 Å². The third-order valence-electron chi connectivity index (χ3n) is 5.38. The molecule has 0 atom stereocenters. The van der Waals surface area contributed by atoms with Gasteiger partial charge in [0.15, 0.2) is 5.13 Å². The van der Waals surface area contributed by atoms with Crippen molar-refractivity contribution in [1.82, 2.24) is 9.55 Å². The Morgan fingerprint density at radius 1 is 1.14 bits per heavy atom. The maximum Gasteiger partial charge on any atom is 0.186 e. The number of fused-ring (bicyclic) bond motifs is 2. The largest absolute Gasteiger partial charge is 0.497 e. The van der Waals surface area contributed by atoms with Crippen molar-refractivity contribution >= 4 is 37.6 Å². The van der Waals surface area contributed by atoms with Crippen LogP contribution in [0.25, 0.3) is 32.4 Å². The highest BCUT2D eigenvalue weighted by molar-refractivity contribution is 7.22. The number of methoxy groups -OCH3 is 1. The molecular weight excluding hydrogens is 380 g/mol. The number of aryl methyl sites for hydroxylation is 1. The molecule has 0 saturated heterocycles. The lowest BCUT2D eigenvalue weighted by atomic mass is 10.1. The Balaban J connectivity index is 1.94. The number of hydrogen-bond donors (Lipinski definition) is 0. The number of nitrogens with zero attached hydrogens (tertiary/aromatic N) is 4. The van der Waals surface area contributed by atoms with Gasteiger partial charge in [0.2, 0.25) is 0 Å². The maximum atomic E-state index is 9.96. The fraction of sp³-hybridized carbons (Fsp3) is 0.304. The molecule has 0 radical (unpaired) electrons. The molecule has 0 aliphatic carbocycles. The summed E-state index contributed by atoms with van der Waals surface area (Å²) in [5.74, 6) is 0.794. The molecule has 4 rings (SSSR count). The number of hydrogen-bond acceptors (Lipinski definition) is 5. The molecule has 0 spiro atoms. The molecule has 4 aromatic rings. The van der Waals surface area contributed by atoms with Crippen LogP contribution >= 0.6 is 11.3 Å². The number of nitriles is 1. The molecule has 0 amide bonds. The first kappa shape index (κ1) is 19.3. The maximum absolute atomic E-state index is 9.96. The standard InChI is InChI=1S/C23H24N4OS/c1-5-26(6-2)23-25-19-11-8-15(12-21(19)29-23)22-18(14-24)17-10-9-16(28-4)13-20(17)27(22)7-3/h8-13H,5-7H2,1-4H3. The SMILES string of the molecule is CCN(CC)c1nc2ccc(-c3c(C#N)c4ccc(OC)cc4n3CC)cc2s1. The van der Waals surface area contributed by atoms with Crippen molar-refractivity contribution in [3.8, 4) is 23.1 Å². The third-order valence-corrected chi connectivity index (χ3v) is 6.46. The molecule has 0 N–H and O–H groups in total. The Bertz CT molecular complexity index is 1230. The lowest BCUT2D eigenvalue weighted by molar-refractivity contribution is 0.415. The highest BCUT2D eigenvalue weighted by Gasteiger charge is 2.19. The monoisotopic (exact) mass is 404 g/mol. The van der Waals surface area contributed by atoms with Gasteiger partial charge in [0.05, 0.1) is 34.1 Å². The van der Waals surface area contributed by atoms with Crippen molar-refractivity contribution in [1.29, 1.82) is 5.26 Å². The van der Waals surface area contributed by atoms with E-state index in [1.807, 2.05) is 18.2 Å². The first-order valence-electron chi connectivity index (χ1n) is 9.91. The summed E-state index contributed by atoms with van der Waals surface area (Å²) in [5, 5.41) is 12.0. The van der Waals surface area contributed by atoms with Crippen LogP contribution in [-0.4, -0.2) is 29.8 Å². The summed E-state index contributed by atoms with van der Waals surface area (Å²) in [6, 6.07) is 14.6. The number of benzene rings is 2. The summed E-state index contributed by atoms with van der Waals surface area (Å²) in [5.41, 5.74) is 4.72. The second kappa shape index (κ2) is 7.76. The van der Waals surface area contributed by atoms with Gasteiger partial charge in [-0.15, -0.1) is 0 Å². The fourth-order valence-corrected chi connectivity index (χ4v) is 5.02. The van der Waals surface area contributed by atoms with Crippen LogP contribution in [0.2, 0.25) is 0 Å². The summed E-state index contributed by atoms with van der Waals surface area (Å²) in [7, 11) is 1.66. The molecule has 2 aromatic carbocycles. The van der Waals surface area contributed by atoms with Gasteiger partial charge >= 0.3 is 0 Å². The van der Waals surface area contributed by atoms with Gasteiger partial charge in [0.25, 0.3) is 0 Å². The first-order valence-corrected chi connectivity index (χ1v) is 10.7. The summed E-state index contributed by atoms with van der Waals surface area (Å²) < 4.78 is 8.74. The van der Waals surface area contributed by atoms with E-state index in [0.29, 0.717) is 5.56 Å². The Morgan fingerprint density at radius 3 is 2.59 bits per heavy atom. The summed E-state index contributed by atoms with van der Waals surface area (Å²) in [6.45, 7) is 9.04. The van der Waals surface area contributed by atoms with Crippen LogP contribution in [0.15, 0.2) is 36.4 Å². The van der Waals surface area contributed by atoms with Gasteiger partial charge < -0.3 is 14.2 Å². The van der Waals surface area contributed by atoms with Crippen LogP contribution in [0.4, 0.5) is 5.13 Å². The van der Waals surface area contributed by atoms with Gasteiger partial charge in [-0.05, 0) is 45.0 Å². The molecule has 0 saturated carbocycles. The minimum Gasteiger partial charge on any atom is -0.497 e. The van der Waals surface area contributed by atoms with Gasteiger partial charge in [-0.3, -0.25) is 0 Å². The van der Waals surface area contributed by atoms with E-state index in [-0.39, 0.29) is 0 Å². The fourth-order valence-electron chi connectivity index (χ4n) is 3.89. The van der Waals surface area contributed by atoms with Crippen molar-refractivity contribution in [3.05, 3.63) is 42.0 Å². The minimum absolute atomic E-state index is 0.706. The number of ether oxygens (including phenoxy) is 1. The van der Waals surface area contributed by atoms with Crippen molar-refractivity contribution in [2.75, 3.05) is 25.1 Å². The van der Waals surface area contributed by atoms with Gasteiger partial charge in [0.1, 0.15) is 11.8 Å². The van der Waals surface area contributed by atoms with E-state index in [2.05, 4.69) is 54.5 Å². The molecule has 0 bridgehead atoms. The predicted molar refractivity (Wildman–Crippen MR) is 121 cm³/mol. The minimum atomic E-state index is 0.706. The van der Waals surface area contributed by atoms with E-state index in [1.54, 1.807) is 18.4 Å². The van der Waals surface area contributed by atoms with E-state index in [1.165, 1.54) is 0 Å². The number of rotatable bonds is 6. The van der Waals surface area contributed by atoms with E-state index >= 15 is 0 Å². The number of thiazole rings is 1. The molecular formula is C23H24N4OS. The zero-order valence-corrected chi connectivity index (χ0v) is 18.0. The average molecular weight is 405 g/mol. The van der Waals surface area contributed by atoms with Gasteiger partial charge in [-0.1, -0.05) is 17.4 Å². The first-order chi connectivity index (χ1) is 14.1. The summed E-state index contributed by atoms with van der Waals surface area (Å²) >= 11 is 1.71. The van der Waals surface area contributed by atoms with Crippen LogP contribution < -0.4 is 9.64 Å². The quantitative estimate of drug-likeness (QED) is 0.416. The van der Waals surface area contributed by atoms with Crippen molar-refractivity contribution in [2.24, 2.45) is 0 Å². The Hall–Kier alpha value is -3.04. The van der Waals surface area contributed by atoms with E-state index in [9.17, 15) is 5.26 Å². The Labute approximate surface area is 174 Å². The predicted octanol–water partition coefficient (Wildman–Crippen LogP) is 5.66. The zero-order valence-electron chi connectivity index (χ0n) is 17.2. The van der Waals surface area contributed by atoms with Crippen LogP contribution in [0.5, 0.6) is 5.75 Å². The molecule has 2 heterocycles. The average Bonchev–Trinajstić information content (AvgIpc) is 3.31. The van der Waals surface area contributed by atoms with Crippen molar-refractivity contribution in [3.63, 3.8) is 0 Å². The molecule has 0 aliphatic heterocycles. The Morgan fingerprint density at radius 2 is 1.93 bits per heavy atom. The van der Waals surface area contributed by atoms with Gasteiger partial charge in [0, 0.05) is 36.7 Å². The lowest BCUT2D eigenvalue weighted by Gasteiger charge is -2.16. The number of anilines is 1. The van der Waals surface area contributed by atoms with Gasteiger partial charge in [-0.25, -0.2) is 4.98 Å². The van der Waals surface area contributed by atoms with Crippen molar-refractivity contribution in [2.45, 2.75) is 27.3 Å². The number of aromatic nitrogens is 2. The topological polar surface area (TPSA) is 54.1 Å². The third kappa shape index (κ3) is 3.12. The lowest BCUT2D eigenvalue weighted by Crippen LogP contribution is -2.21.